The number of carbonyl (C=O) groups excluding carboxylic acids is 1. The van der Waals surface area contributed by atoms with Gasteiger partial charge in [-0.1, -0.05) is 41.4 Å². The van der Waals surface area contributed by atoms with Crippen LogP contribution in [0.25, 0.3) is 0 Å². The second-order valence-electron chi connectivity index (χ2n) is 6.77. The second kappa shape index (κ2) is 7.26. The number of benzene rings is 2. The summed E-state index contributed by atoms with van der Waals surface area (Å²) < 4.78 is 31.9. The van der Waals surface area contributed by atoms with E-state index in [1.165, 1.54) is 24.3 Å². The van der Waals surface area contributed by atoms with Crippen molar-refractivity contribution >= 4 is 27.4 Å². The summed E-state index contributed by atoms with van der Waals surface area (Å²) >= 11 is 5.88. The molecule has 3 atom stereocenters. The van der Waals surface area contributed by atoms with Gasteiger partial charge < -0.3 is 10.5 Å². The summed E-state index contributed by atoms with van der Waals surface area (Å²) in [7, 11) is -3.81. The summed E-state index contributed by atoms with van der Waals surface area (Å²) in [4.78, 5) is 12.9. The molecule has 2 N–H and O–H groups in total. The third kappa shape index (κ3) is 3.26. The van der Waals surface area contributed by atoms with E-state index in [0.29, 0.717) is 5.02 Å². The van der Waals surface area contributed by atoms with Crippen molar-refractivity contribution in [3.63, 3.8) is 0 Å². The summed E-state index contributed by atoms with van der Waals surface area (Å²) in [6.07, 6.45) is 0. The predicted molar refractivity (Wildman–Crippen MR) is 104 cm³/mol. The molecule has 2 aromatic carbocycles. The molecule has 0 spiro atoms. The molecule has 0 heterocycles. The van der Waals surface area contributed by atoms with Gasteiger partial charge in [0.05, 0.1) is 16.8 Å². The highest BCUT2D eigenvalue weighted by molar-refractivity contribution is 7.92. The number of carbonyl (C=O) groups is 1. The Balaban J connectivity index is 2.10. The van der Waals surface area contributed by atoms with Crippen molar-refractivity contribution in [1.29, 1.82) is 0 Å². The number of ether oxygens (including phenoxy) is 1. The van der Waals surface area contributed by atoms with Gasteiger partial charge in [0.1, 0.15) is 5.41 Å². The fourth-order valence-electron chi connectivity index (χ4n) is 3.71. The zero-order chi connectivity index (χ0) is 19.8. The molecule has 2 aromatic rings. The van der Waals surface area contributed by atoms with Crippen LogP contribution in [0.15, 0.2) is 53.4 Å². The van der Waals surface area contributed by atoms with Gasteiger partial charge in [-0.25, -0.2) is 8.42 Å². The van der Waals surface area contributed by atoms with E-state index in [9.17, 15) is 13.2 Å². The van der Waals surface area contributed by atoms with Gasteiger partial charge in [0.2, 0.25) is 0 Å². The van der Waals surface area contributed by atoms with Crippen molar-refractivity contribution in [2.45, 2.75) is 29.9 Å². The van der Waals surface area contributed by atoms with Crippen LogP contribution in [0.1, 0.15) is 24.0 Å². The van der Waals surface area contributed by atoms with Crippen molar-refractivity contribution in [2.75, 3.05) is 13.2 Å². The average molecular weight is 408 g/mol. The highest BCUT2D eigenvalue weighted by Gasteiger charge is 2.75. The van der Waals surface area contributed by atoms with Gasteiger partial charge in [-0.05, 0) is 43.7 Å². The highest BCUT2D eigenvalue weighted by atomic mass is 35.5. The predicted octanol–water partition coefficient (Wildman–Crippen LogP) is 3.10. The van der Waals surface area contributed by atoms with E-state index in [2.05, 4.69) is 0 Å². The monoisotopic (exact) mass is 407 g/mol. The zero-order valence-corrected chi connectivity index (χ0v) is 16.8. The molecule has 0 bridgehead atoms. The maximum atomic E-state index is 13.3. The average Bonchev–Trinajstić information content (AvgIpc) is 3.34. The second-order valence-corrected chi connectivity index (χ2v) is 9.28. The molecule has 0 aromatic heterocycles. The molecule has 1 aliphatic carbocycles. The first-order valence-corrected chi connectivity index (χ1v) is 10.6. The molecule has 0 amide bonds. The number of sulfone groups is 1. The van der Waals surface area contributed by atoms with Crippen molar-refractivity contribution < 1.29 is 17.9 Å². The molecule has 144 valence electrons. The van der Waals surface area contributed by atoms with Crippen LogP contribution in [0.2, 0.25) is 5.02 Å². The minimum atomic E-state index is -3.81. The number of hydrogen-bond acceptors (Lipinski definition) is 5. The summed E-state index contributed by atoms with van der Waals surface area (Å²) in [5, 5.41) is -0.534. The van der Waals surface area contributed by atoms with Crippen LogP contribution >= 0.6 is 11.6 Å². The number of rotatable bonds is 6. The molecule has 5 nitrogen and oxygen atoms in total. The third-order valence-corrected chi connectivity index (χ3v) is 7.71. The summed E-state index contributed by atoms with van der Waals surface area (Å²) in [6.45, 7) is 3.69. The summed E-state index contributed by atoms with van der Waals surface area (Å²) in [5.74, 6) is -1.12. The molecule has 0 aliphatic heterocycles. The highest BCUT2D eigenvalue weighted by Crippen LogP contribution is 2.64. The Morgan fingerprint density at radius 2 is 1.74 bits per heavy atom. The number of halogens is 1. The minimum absolute atomic E-state index is 0.109. The van der Waals surface area contributed by atoms with Gasteiger partial charge >= 0.3 is 5.97 Å². The van der Waals surface area contributed by atoms with Crippen LogP contribution in [-0.4, -0.2) is 32.8 Å². The number of aryl methyl sites for hydroxylation is 1. The van der Waals surface area contributed by atoms with Gasteiger partial charge in [0, 0.05) is 17.5 Å². The fraction of sp³-hybridized carbons (Fsp3) is 0.350. The van der Waals surface area contributed by atoms with Gasteiger partial charge in [0.15, 0.2) is 9.84 Å². The van der Waals surface area contributed by atoms with Gasteiger partial charge in [0.25, 0.3) is 0 Å². The van der Waals surface area contributed by atoms with E-state index in [1.807, 2.05) is 31.2 Å². The summed E-state index contributed by atoms with van der Waals surface area (Å²) in [6, 6.07) is 13.4. The van der Waals surface area contributed by atoms with Crippen LogP contribution in [0.4, 0.5) is 0 Å². The maximum absolute atomic E-state index is 13.3. The van der Waals surface area contributed by atoms with Crippen molar-refractivity contribution in [3.8, 4) is 0 Å². The lowest BCUT2D eigenvalue weighted by Gasteiger charge is -2.14. The van der Waals surface area contributed by atoms with E-state index in [0.717, 1.165) is 11.1 Å². The van der Waals surface area contributed by atoms with E-state index < -0.39 is 32.4 Å². The lowest BCUT2D eigenvalue weighted by atomic mass is 9.98. The van der Waals surface area contributed by atoms with Crippen LogP contribution in [0.3, 0.4) is 0 Å². The first-order valence-electron chi connectivity index (χ1n) is 8.72. The van der Waals surface area contributed by atoms with Crippen LogP contribution in [0, 0.1) is 12.3 Å². The van der Waals surface area contributed by atoms with E-state index >= 15 is 0 Å². The molecule has 1 aliphatic rings. The Labute approximate surface area is 164 Å². The molecule has 0 saturated heterocycles. The first-order chi connectivity index (χ1) is 12.8. The lowest BCUT2D eigenvalue weighted by molar-refractivity contribution is -0.149. The Bertz CT molecular complexity index is 941. The van der Waals surface area contributed by atoms with Gasteiger partial charge in [-0.2, -0.15) is 0 Å². The molecule has 3 rings (SSSR count). The maximum Gasteiger partial charge on any atom is 0.315 e. The fourth-order valence-corrected chi connectivity index (χ4v) is 6.22. The van der Waals surface area contributed by atoms with Crippen LogP contribution in [0.5, 0.6) is 0 Å². The third-order valence-electron chi connectivity index (χ3n) is 5.16. The molecular weight excluding hydrogens is 386 g/mol. The van der Waals surface area contributed by atoms with Crippen molar-refractivity contribution in [3.05, 3.63) is 64.7 Å². The molecular formula is C20H22ClNO4S. The van der Waals surface area contributed by atoms with Crippen molar-refractivity contribution in [1.82, 2.24) is 0 Å². The van der Waals surface area contributed by atoms with E-state index in [1.54, 1.807) is 6.92 Å². The summed E-state index contributed by atoms with van der Waals surface area (Å²) in [5.41, 5.74) is 6.49. The first kappa shape index (κ1) is 19.9. The Morgan fingerprint density at radius 1 is 1.15 bits per heavy atom. The number of hydrogen-bond donors (Lipinski definition) is 1. The smallest absolute Gasteiger partial charge is 0.315 e. The topological polar surface area (TPSA) is 86.5 Å². The van der Waals surface area contributed by atoms with Gasteiger partial charge in [-0.3, -0.25) is 4.79 Å². The van der Waals surface area contributed by atoms with Crippen LogP contribution in [-0.2, 0) is 19.4 Å². The normalized spacial score (nSPS) is 24.4. The Morgan fingerprint density at radius 3 is 2.26 bits per heavy atom. The van der Waals surface area contributed by atoms with E-state index in [-0.39, 0.29) is 18.0 Å². The van der Waals surface area contributed by atoms with Gasteiger partial charge in [-0.15, -0.1) is 0 Å². The standard InChI is InChI=1S/C20H22ClNO4S/c1-3-26-19(23)20(12-22)17(14-6-4-13(2)5-7-14)18(20)27(24,25)16-10-8-15(21)9-11-16/h4-11,17-18H,3,12,22H2,1-2H3/t17-,18+,20+/m1/s1. The molecule has 27 heavy (non-hydrogen) atoms. The SMILES string of the molecule is CCOC(=O)[C@@]1(CN)[C@H](c2ccc(C)cc2)[C@@H]1S(=O)(=O)c1ccc(Cl)cc1. The number of nitrogens with two attached hydrogens (primary N) is 1. The molecule has 0 radical (unpaired) electrons. The minimum Gasteiger partial charge on any atom is -0.465 e. The quantitative estimate of drug-likeness (QED) is 0.743. The lowest BCUT2D eigenvalue weighted by Crippen LogP contribution is -2.33. The molecule has 1 saturated carbocycles. The molecule has 0 unspecified atom stereocenters. The molecule has 7 heteroatoms. The van der Waals surface area contributed by atoms with Crippen molar-refractivity contribution in [2.24, 2.45) is 11.1 Å². The zero-order valence-electron chi connectivity index (χ0n) is 15.2. The Hall–Kier alpha value is -1.89. The number of esters is 1. The largest absolute Gasteiger partial charge is 0.465 e. The Kier molecular flexibility index (Phi) is 5.34. The van der Waals surface area contributed by atoms with E-state index in [4.69, 9.17) is 22.1 Å². The molecule has 1 fully saturated rings. The van der Waals surface area contributed by atoms with Crippen LogP contribution < -0.4 is 5.73 Å².